The maximum atomic E-state index is 8.46. The van der Waals surface area contributed by atoms with Crippen molar-refractivity contribution in [2.45, 2.75) is 11.8 Å². The first-order chi connectivity index (χ1) is 3.15. The Hall–Kier alpha value is 0.520. The monoisotopic (exact) mass is 159 g/mol. The van der Waals surface area contributed by atoms with E-state index in [1.807, 2.05) is 0 Å². The van der Waals surface area contributed by atoms with Gasteiger partial charge in [0.1, 0.15) is 4.84 Å². The Balaban J connectivity index is 0. The molecule has 5 heteroatoms. The molecule has 0 amide bonds. The van der Waals surface area contributed by atoms with Crippen molar-refractivity contribution >= 4 is 31.3 Å². The molecule has 0 aromatic heterocycles. The predicted octanol–water partition coefficient (Wildman–Crippen LogP) is 2.57. The van der Waals surface area contributed by atoms with Crippen LogP contribution < -0.4 is 0 Å². The van der Waals surface area contributed by atoms with Crippen molar-refractivity contribution in [2.75, 3.05) is 0 Å². The molecule has 0 rings (SSSR count). The fourth-order valence-electron chi connectivity index (χ4n) is 0. The Kier molecular flexibility index (Phi) is 14.6. The van der Waals surface area contributed by atoms with E-state index in [0.29, 0.717) is 0 Å². The quantitative estimate of drug-likeness (QED) is 0.403. The molecule has 0 atom stereocenters. The Morgan fingerprint density at radius 3 is 1.71 bits per heavy atom. The van der Waals surface area contributed by atoms with E-state index in [9.17, 15) is 0 Å². The normalized spacial score (nSPS) is 6.71. The number of halogens is 2. The summed E-state index contributed by atoms with van der Waals surface area (Å²) in [7, 11) is -0.833. The molecule has 0 saturated heterocycles. The van der Waals surface area contributed by atoms with Crippen LogP contribution in [0.5, 0.6) is 0 Å². The van der Waals surface area contributed by atoms with Gasteiger partial charge in [0.2, 0.25) is 0 Å². The van der Waals surface area contributed by atoms with E-state index in [1.165, 1.54) is 0 Å². The molecule has 42 valence electrons. The molecule has 0 heterocycles. The summed E-state index contributed by atoms with van der Waals surface area (Å²) in [6, 6.07) is 0. The molecular formula is C2H4Cl2NOP. The summed E-state index contributed by atoms with van der Waals surface area (Å²) in [6.07, 6.45) is 0. The predicted molar refractivity (Wildman–Crippen MR) is 30.5 cm³/mol. The van der Waals surface area contributed by atoms with Gasteiger partial charge in [-0.1, -0.05) is 0 Å². The van der Waals surface area contributed by atoms with Crippen LogP contribution in [0, 0.1) is 5.00 Å². The molecule has 0 aromatic rings. The molecule has 0 spiro atoms. The van der Waals surface area contributed by atoms with Gasteiger partial charge < -0.3 is 0 Å². The Bertz CT molecular complexity index is 86.8. The first kappa shape index (κ1) is 10.5. The van der Waals surface area contributed by atoms with Crippen LogP contribution in [0.1, 0.15) is 6.92 Å². The molecule has 0 unspecified atom stereocenters. The van der Waals surface area contributed by atoms with Gasteiger partial charge in [-0.3, -0.25) is 0 Å². The van der Waals surface area contributed by atoms with Crippen LogP contribution in [0.3, 0.4) is 0 Å². The Morgan fingerprint density at radius 1 is 1.71 bits per heavy atom. The molecule has 0 N–H and O–H groups in total. The first-order valence-corrected chi connectivity index (χ1v) is 3.03. The van der Waals surface area contributed by atoms with Crippen molar-refractivity contribution in [3.8, 4) is 0 Å². The zero-order valence-electron chi connectivity index (χ0n) is 3.64. The third-order valence-electron chi connectivity index (χ3n) is 0. The van der Waals surface area contributed by atoms with Crippen LogP contribution in [-0.4, -0.2) is 4.84 Å². The molecule has 7 heavy (non-hydrogen) atoms. The van der Waals surface area contributed by atoms with Gasteiger partial charge in [0, 0.05) is 0 Å². The molecule has 0 aromatic carbocycles. The van der Waals surface area contributed by atoms with Gasteiger partial charge in [-0.15, -0.1) is 23.2 Å². The molecule has 2 nitrogen and oxygen atoms in total. The van der Waals surface area contributed by atoms with Crippen LogP contribution in [-0.2, 0) is 4.57 Å². The second-order valence-electron chi connectivity index (χ2n) is 0.601. The van der Waals surface area contributed by atoms with Gasteiger partial charge in [-0.2, -0.15) is 0 Å². The van der Waals surface area contributed by atoms with Crippen molar-refractivity contribution in [1.82, 2.24) is 0 Å². The van der Waals surface area contributed by atoms with Crippen molar-refractivity contribution in [1.29, 1.82) is 5.00 Å². The van der Waals surface area contributed by atoms with Gasteiger partial charge in [-0.25, -0.2) is 0 Å². The summed E-state index contributed by atoms with van der Waals surface area (Å²) in [5.74, 6) is 0. The molecule has 0 radical (unpaired) electrons. The van der Waals surface area contributed by atoms with Crippen LogP contribution in [0.2, 0.25) is 0 Å². The molecule has 0 aliphatic rings. The zero-order valence-corrected chi connectivity index (χ0v) is 6.04. The second kappa shape index (κ2) is 9.72. The fraction of sp³-hybridized carbons (Fsp3) is 1.00. The summed E-state index contributed by atoms with van der Waals surface area (Å²) < 4.78 is 8.46. The number of alkyl halides is 2. The fourth-order valence-corrected chi connectivity index (χ4v) is 0. The molecular weight excluding hydrogens is 156 g/mol. The average Bonchev–Trinajstić information content (AvgIpc) is 1.33. The van der Waals surface area contributed by atoms with Gasteiger partial charge >= 0.3 is 17.7 Å². The zero-order chi connectivity index (χ0) is 6.28. The minimum absolute atomic E-state index is 0.222. The van der Waals surface area contributed by atoms with Gasteiger partial charge in [0.15, 0.2) is 0 Å². The van der Waals surface area contributed by atoms with E-state index in [2.05, 4.69) is 0 Å². The Morgan fingerprint density at radius 2 is 1.71 bits per heavy atom. The van der Waals surface area contributed by atoms with E-state index < -0.39 is 8.10 Å². The number of nitrogens with zero attached hydrogens (tertiary/aromatic N) is 1. The van der Waals surface area contributed by atoms with Gasteiger partial charge in [-0.05, 0) is 6.92 Å². The number of hydrogen-bond acceptors (Lipinski definition) is 2. The van der Waals surface area contributed by atoms with Crippen LogP contribution in [0.4, 0.5) is 0 Å². The standard InChI is InChI=1S/C2H4Cl2.NOP/c1-2(3)4;1-3-2/h2H,1H3;. The van der Waals surface area contributed by atoms with Gasteiger partial charge in [0.05, 0.1) is 0 Å². The SMILES string of the molecule is CC(Cl)Cl.N#P=O. The van der Waals surface area contributed by atoms with Crippen molar-refractivity contribution in [2.24, 2.45) is 0 Å². The molecule has 0 fully saturated rings. The van der Waals surface area contributed by atoms with E-state index in [0.717, 1.165) is 0 Å². The third kappa shape index (κ3) is 493. The van der Waals surface area contributed by atoms with E-state index in [1.54, 1.807) is 6.92 Å². The topological polar surface area (TPSA) is 40.9 Å². The average molecular weight is 160 g/mol. The molecule has 0 bridgehead atoms. The molecule has 0 aliphatic carbocycles. The van der Waals surface area contributed by atoms with Crippen LogP contribution in [0.15, 0.2) is 0 Å². The third-order valence-corrected chi connectivity index (χ3v) is 0. The molecule has 0 aliphatic heterocycles. The van der Waals surface area contributed by atoms with Crippen LogP contribution in [0.25, 0.3) is 0 Å². The Labute approximate surface area is 53.2 Å². The van der Waals surface area contributed by atoms with Crippen molar-refractivity contribution in [3.63, 3.8) is 0 Å². The van der Waals surface area contributed by atoms with Crippen LogP contribution >= 0.6 is 31.3 Å². The molecule has 0 saturated carbocycles. The van der Waals surface area contributed by atoms with Crippen molar-refractivity contribution < 1.29 is 4.57 Å². The summed E-state index contributed by atoms with van der Waals surface area (Å²) >= 11 is 10.1. The summed E-state index contributed by atoms with van der Waals surface area (Å²) in [5.41, 5.74) is 0. The van der Waals surface area contributed by atoms with Gasteiger partial charge in [0.25, 0.3) is 0 Å². The number of rotatable bonds is 0. The summed E-state index contributed by atoms with van der Waals surface area (Å²) in [4.78, 5) is -0.222. The van der Waals surface area contributed by atoms with E-state index >= 15 is 0 Å². The second-order valence-corrected chi connectivity index (χ2v) is 2.30. The summed E-state index contributed by atoms with van der Waals surface area (Å²) in [6.45, 7) is 1.70. The minimum atomic E-state index is -0.833. The number of hydrogen-bond donors (Lipinski definition) is 0. The summed E-state index contributed by atoms with van der Waals surface area (Å²) in [5, 5.41) is 6.99. The maximum absolute atomic E-state index is 8.46. The van der Waals surface area contributed by atoms with E-state index in [4.69, 9.17) is 32.8 Å². The first-order valence-electron chi connectivity index (χ1n) is 1.40. The van der Waals surface area contributed by atoms with E-state index in [-0.39, 0.29) is 4.84 Å². The van der Waals surface area contributed by atoms with Crippen molar-refractivity contribution in [3.05, 3.63) is 0 Å².